The molecule has 104 valence electrons. The smallest absolute Gasteiger partial charge is 0.341 e. The second-order valence-corrected chi connectivity index (χ2v) is 4.08. The van der Waals surface area contributed by atoms with Crippen molar-refractivity contribution in [3.05, 3.63) is 53.5 Å². The topological polar surface area (TPSA) is 98.3 Å². The zero-order chi connectivity index (χ0) is 14.5. The summed E-state index contributed by atoms with van der Waals surface area (Å²) in [7, 11) is 0. The highest BCUT2D eigenvalue weighted by atomic mass is 16.5. The van der Waals surface area contributed by atoms with E-state index in [1.165, 1.54) is 6.20 Å². The maximum atomic E-state index is 10.9. The van der Waals surface area contributed by atoms with Crippen molar-refractivity contribution in [3.63, 3.8) is 0 Å². The summed E-state index contributed by atoms with van der Waals surface area (Å²) in [5.74, 6) is -0.870. The number of nitrogen functional groups attached to an aromatic ring is 1. The Bertz CT molecular complexity index is 602. The van der Waals surface area contributed by atoms with Crippen molar-refractivity contribution in [2.45, 2.75) is 13.0 Å². The van der Waals surface area contributed by atoms with E-state index in [1.807, 2.05) is 37.3 Å². The summed E-state index contributed by atoms with van der Waals surface area (Å²) < 4.78 is 5.64. The first-order chi connectivity index (χ1) is 9.63. The Kier molecular flexibility index (Phi) is 4.27. The Labute approximate surface area is 116 Å². The fourth-order valence-corrected chi connectivity index (χ4v) is 1.81. The van der Waals surface area contributed by atoms with Crippen molar-refractivity contribution in [3.8, 4) is 0 Å². The molecule has 0 aliphatic rings. The van der Waals surface area contributed by atoms with Crippen molar-refractivity contribution < 1.29 is 14.6 Å². The lowest BCUT2D eigenvalue weighted by atomic mass is 10.1. The van der Waals surface area contributed by atoms with Gasteiger partial charge in [-0.1, -0.05) is 30.3 Å². The summed E-state index contributed by atoms with van der Waals surface area (Å²) in [5, 5.41) is 8.92. The minimum absolute atomic E-state index is 0.0665. The molecule has 6 nitrogen and oxygen atoms in total. The fourth-order valence-electron chi connectivity index (χ4n) is 1.81. The zero-order valence-corrected chi connectivity index (χ0v) is 11.0. The van der Waals surface area contributed by atoms with Gasteiger partial charge in [-0.15, -0.1) is 0 Å². The molecule has 0 spiro atoms. The number of hydrogen-bond acceptors (Lipinski definition) is 5. The van der Waals surface area contributed by atoms with Crippen LogP contribution in [0.5, 0.6) is 0 Å². The molecule has 0 aliphatic heterocycles. The second kappa shape index (κ2) is 6.12. The number of aromatic nitrogens is 2. The van der Waals surface area contributed by atoms with Crippen LogP contribution in [0.2, 0.25) is 0 Å². The van der Waals surface area contributed by atoms with Crippen LogP contribution in [0.4, 0.5) is 5.82 Å². The highest BCUT2D eigenvalue weighted by molar-refractivity contribution is 5.92. The summed E-state index contributed by atoms with van der Waals surface area (Å²) in [6.45, 7) is 2.34. The molecular weight excluding hydrogens is 258 g/mol. The minimum Gasteiger partial charge on any atom is -0.477 e. The van der Waals surface area contributed by atoms with Crippen LogP contribution in [0.25, 0.3) is 0 Å². The lowest BCUT2D eigenvalue weighted by molar-refractivity contribution is 0.0694. The van der Waals surface area contributed by atoms with Gasteiger partial charge in [-0.2, -0.15) is 0 Å². The lowest BCUT2D eigenvalue weighted by Crippen LogP contribution is -2.14. The minimum atomic E-state index is -1.15. The molecule has 0 amide bonds. The van der Waals surface area contributed by atoms with Crippen molar-refractivity contribution in [2.24, 2.45) is 0 Å². The Balaban J connectivity index is 2.40. The van der Waals surface area contributed by atoms with Gasteiger partial charge in [0.05, 0.1) is 0 Å². The number of nitrogens with two attached hydrogens (primary N) is 1. The maximum Gasteiger partial charge on any atom is 0.341 e. The summed E-state index contributed by atoms with van der Waals surface area (Å²) >= 11 is 0. The molecular formula is C14H15N3O3. The van der Waals surface area contributed by atoms with Crippen molar-refractivity contribution in [1.29, 1.82) is 0 Å². The van der Waals surface area contributed by atoms with E-state index < -0.39 is 12.1 Å². The van der Waals surface area contributed by atoms with Crippen molar-refractivity contribution >= 4 is 11.8 Å². The number of aromatic carboxylic acids is 1. The Hall–Kier alpha value is -2.47. The number of carbonyl (C=O) groups is 1. The third-order valence-corrected chi connectivity index (χ3v) is 2.74. The summed E-state index contributed by atoms with van der Waals surface area (Å²) in [6.07, 6.45) is 0.737. The Morgan fingerprint density at radius 2 is 2.10 bits per heavy atom. The first-order valence-corrected chi connectivity index (χ1v) is 6.15. The molecule has 0 fully saturated rings. The SMILES string of the molecule is CCOC(c1ccccc1)c1ncc(C(=O)O)c(N)n1. The highest BCUT2D eigenvalue weighted by Crippen LogP contribution is 2.24. The monoisotopic (exact) mass is 273 g/mol. The van der Waals surface area contributed by atoms with Crippen LogP contribution in [0, 0.1) is 0 Å². The number of ether oxygens (including phenoxy) is 1. The molecule has 6 heteroatoms. The average Bonchev–Trinajstić information content (AvgIpc) is 2.45. The van der Waals surface area contributed by atoms with Crippen LogP contribution in [-0.4, -0.2) is 27.7 Å². The van der Waals surface area contributed by atoms with Crippen LogP contribution in [0.3, 0.4) is 0 Å². The first kappa shape index (κ1) is 14.0. The van der Waals surface area contributed by atoms with Gasteiger partial charge in [-0.05, 0) is 12.5 Å². The molecule has 1 atom stereocenters. The molecule has 1 unspecified atom stereocenters. The quantitative estimate of drug-likeness (QED) is 0.863. The molecule has 2 rings (SSSR count). The van der Waals surface area contributed by atoms with Gasteiger partial charge in [-0.25, -0.2) is 14.8 Å². The van der Waals surface area contributed by atoms with Crippen LogP contribution >= 0.6 is 0 Å². The van der Waals surface area contributed by atoms with Gasteiger partial charge in [0.2, 0.25) is 0 Å². The van der Waals surface area contributed by atoms with Gasteiger partial charge in [-0.3, -0.25) is 0 Å². The van der Waals surface area contributed by atoms with E-state index in [1.54, 1.807) is 0 Å². The van der Waals surface area contributed by atoms with E-state index >= 15 is 0 Å². The third kappa shape index (κ3) is 2.92. The molecule has 1 heterocycles. The van der Waals surface area contributed by atoms with E-state index in [9.17, 15) is 4.79 Å². The van der Waals surface area contributed by atoms with Gasteiger partial charge in [0.15, 0.2) is 5.82 Å². The van der Waals surface area contributed by atoms with Gasteiger partial charge >= 0.3 is 5.97 Å². The maximum absolute atomic E-state index is 10.9. The van der Waals surface area contributed by atoms with Crippen molar-refractivity contribution in [2.75, 3.05) is 12.3 Å². The molecule has 2 aromatic rings. The molecule has 0 bridgehead atoms. The van der Waals surface area contributed by atoms with Crippen LogP contribution in [0.15, 0.2) is 36.5 Å². The zero-order valence-electron chi connectivity index (χ0n) is 11.0. The van der Waals surface area contributed by atoms with E-state index in [0.29, 0.717) is 12.4 Å². The largest absolute Gasteiger partial charge is 0.477 e. The Morgan fingerprint density at radius 3 is 2.65 bits per heavy atom. The predicted octanol–water partition coefficient (Wildman–Crippen LogP) is 1.88. The average molecular weight is 273 g/mol. The van der Waals surface area contributed by atoms with Gasteiger partial charge in [0.1, 0.15) is 17.5 Å². The number of benzene rings is 1. The Morgan fingerprint density at radius 1 is 1.40 bits per heavy atom. The van der Waals surface area contributed by atoms with E-state index in [0.717, 1.165) is 5.56 Å². The number of hydrogen-bond donors (Lipinski definition) is 2. The molecule has 0 saturated carbocycles. The molecule has 0 aliphatic carbocycles. The van der Waals surface area contributed by atoms with Crippen LogP contribution in [0.1, 0.15) is 34.8 Å². The number of anilines is 1. The number of carboxylic acids is 1. The summed E-state index contributed by atoms with van der Waals surface area (Å²) in [5.41, 5.74) is 6.42. The predicted molar refractivity (Wildman–Crippen MR) is 73.3 cm³/mol. The number of rotatable bonds is 5. The summed E-state index contributed by atoms with van der Waals surface area (Å²) in [6, 6.07) is 9.46. The molecule has 1 aromatic heterocycles. The molecule has 0 radical (unpaired) electrons. The van der Waals surface area contributed by atoms with Crippen LogP contribution in [-0.2, 0) is 4.74 Å². The van der Waals surface area contributed by atoms with E-state index in [2.05, 4.69) is 9.97 Å². The second-order valence-electron chi connectivity index (χ2n) is 4.08. The number of nitrogens with zero attached hydrogens (tertiary/aromatic N) is 2. The van der Waals surface area contributed by atoms with E-state index in [-0.39, 0.29) is 11.4 Å². The normalized spacial score (nSPS) is 12.1. The third-order valence-electron chi connectivity index (χ3n) is 2.74. The van der Waals surface area contributed by atoms with Gasteiger partial charge in [0.25, 0.3) is 0 Å². The standard InChI is InChI=1S/C14H15N3O3/c1-2-20-11(9-6-4-3-5-7-9)13-16-8-10(14(18)19)12(15)17-13/h3-8,11H,2H2,1H3,(H,18,19)(H2,15,16,17). The van der Waals surface area contributed by atoms with Gasteiger partial charge < -0.3 is 15.6 Å². The lowest BCUT2D eigenvalue weighted by Gasteiger charge is -2.16. The van der Waals surface area contributed by atoms with Crippen LogP contribution < -0.4 is 5.73 Å². The van der Waals surface area contributed by atoms with Gasteiger partial charge in [0, 0.05) is 12.8 Å². The number of carboxylic acid groups (broad SMARTS) is 1. The summed E-state index contributed by atoms with van der Waals surface area (Å²) in [4.78, 5) is 19.0. The van der Waals surface area contributed by atoms with E-state index in [4.69, 9.17) is 15.6 Å². The molecule has 20 heavy (non-hydrogen) atoms. The highest BCUT2D eigenvalue weighted by Gasteiger charge is 2.19. The molecule has 0 saturated heterocycles. The fraction of sp³-hybridized carbons (Fsp3) is 0.214. The molecule has 3 N–H and O–H groups in total. The van der Waals surface area contributed by atoms with Crippen molar-refractivity contribution in [1.82, 2.24) is 9.97 Å². The first-order valence-electron chi connectivity index (χ1n) is 6.15. The molecule has 1 aromatic carbocycles.